The number of carbonyl (C=O) groups excluding carboxylic acids is 2. The van der Waals surface area contributed by atoms with Gasteiger partial charge in [0.2, 0.25) is 11.8 Å². The van der Waals surface area contributed by atoms with Crippen molar-refractivity contribution in [3.8, 4) is 0 Å². The van der Waals surface area contributed by atoms with E-state index in [-0.39, 0.29) is 23.7 Å². The fourth-order valence-electron chi connectivity index (χ4n) is 3.73. The van der Waals surface area contributed by atoms with Crippen molar-refractivity contribution in [2.24, 2.45) is 5.92 Å². The van der Waals surface area contributed by atoms with E-state index in [0.717, 1.165) is 5.56 Å². The second-order valence-electron chi connectivity index (χ2n) is 7.61. The molecule has 25 heavy (non-hydrogen) atoms. The maximum atomic E-state index is 13.9. The Labute approximate surface area is 148 Å². The van der Waals surface area contributed by atoms with E-state index in [1.165, 1.54) is 6.07 Å². The molecule has 5 nitrogen and oxygen atoms in total. The highest BCUT2D eigenvalue weighted by molar-refractivity contribution is 5.97. The van der Waals surface area contributed by atoms with Crippen LogP contribution in [0, 0.1) is 18.7 Å². The van der Waals surface area contributed by atoms with E-state index in [0.29, 0.717) is 37.4 Å². The van der Waals surface area contributed by atoms with Gasteiger partial charge in [-0.2, -0.15) is 0 Å². The van der Waals surface area contributed by atoms with Gasteiger partial charge < -0.3 is 15.5 Å². The number of hydrogen-bond acceptors (Lipinski definition) is 3. The molecule has 2 heterocycles. The monoisotopic (exact) mass is 347 g/mol. The molecule has 1 aromatic carbocycles. The van der Waals surface area contributed by atoms with E-state index in [9.17, 15) is 14.0 Å². The Morgan fingerprint density at radius 3 is 2.84 bits per heavy atom. The van der Waals surface area contributed by atoms with Crippen LogP contribution in [0.5, 0.6) is 0 Å². The van der Waals surface area contributed by atoms with Gasteiger partial charge in [-0.05, 0) is 31.7 Å². The van der Waals surface area contributed by atoms with Crippen LogP contribution < -0.4 is 10.6 Å². The maximum absolute atomic E-state index is 13.9. The minimum absolute atomic E-state index is 0.00240. The number of hydrogen-bond donors (Lipinski definition) is 2. The van der Waals surface area contributed by atoms with Crippen molar-refractivity contribution in [3.63, 3.8) is 0 Å². The summed E-state index contributed by atoms with van der Waals surface area (Å²) in [5.74, 6) is 0.0341. The predicted octanol–water partition coefficient (Wildman–Crippen LogP) is 1.74. The molecule has 2 fully saturated rings. The van der Waals surface area contributed by atoms with Crippen LogP contribution >= 0.6 is 0 Å². The lowest BCUT2D eigenvalue weighted by Crippen LogP contribution is -2.61. The van der Waals surface area contributed by atoms with E-state index >= 15 is 0 Å². The van der Waals surface area contributed by atoms with Crippen LogP contribution in [0.2, 0.25) is 0 Å². The summed E-state index contributed by atoms with van der Waals surface area (Å²) in [6, 6.07) is 4.20. The second-order valence-corrected chi connectivity index (χ2v) is 7.61. The molecule has 3 atom stereocenters. The molecule has 0 unspecified atom stereocenters. The molecule has 6 heteroatoms. The molecule has 136 valence electrons. The number of carbonyl (C=O) groups is 2. The zero-order chi connectivity index (χ0) is 18.1. The lowest BCUT2D eigenvalue weighted by Gasteiger charge is -2.35. The molecule has 2 aliphatic rings. The first-order chi connectivity index (χ1) is 11.8. The van der Waals surface area contributed by atoms with Crippen LogP contribution in [-0.4, -0.2) is 41.4 Å². The van der Waals surface area contributed by atoms with Crippen LogP contribution in [0.1, 0.15) is 37.8 Å². The molecule has 2 aliphatic heterocycles. The lowest BCUT2D eigenvalue weighted by atomic mass is 9.99. The van der Waals surface area contributed by atoms with Crippen LogP contribution in [0.15, 0.2) is 18.2 Å². The molecular formula is C19H26FN3O2. The summed E-state index contributed by atoms with van der Waals surface area (Å²) < 4.78 is 13.9. The molecule has 0 aliphatic carbocycles. The van der Waals surface area contributed by atoms with E-state index in [4.69, 9.17) is 0 Å². The van der Waals surface area contributed by atoms with Gasteiger partial charge in [-0.3, -0.25) is 9.59 Å². The lowest BCUT2D eigenvalue weighted by molar-refractivity contribution is -0.147. The molecule has 2 N–H and O–H groups in total. The number of halogens is 1. The van der Waals surface area contributed by atoms with Gasteiger partial charge in [0.25, 0.3) is 0 Å². The largest absolute Gasteiger partial charge is 0.342 e. The summed E-state index contributed by atoms with van der Waals surface area (Å²) in [4.78, 5) is 26.7. The number of benzene rings is 1. The number of amides is 2. The molecule has 0 bridgehead atoms. The van der Waals surface area contributed by atoms with Crippen molar-refractivity contribution in [1.82, 2.24) is 15.5 Å². The minimum Gasteiger partial charge on any atom is -0.342 e. The minimum atomic E-state index is -0.420. The molecule has 3 rings (SSSR count). The SMILES string of the molecule is Cc1ccc(F)c(CN[C@H]2C[C@H]3C(=O)N[C@H](CC(C)C)C(=O)N3C2)c1. The van der Waals surface area contributed by atoms with Crippen LogP contribution in [-0.2, 0) is 16.1 Å². The van der Waals surface area contributed by atoms with E-state index in [1.54, 1.807) is 11.0 Å². The first-order valence-corrected chi connectivity index (χ1v) is 8.94. The van der Waals surface area contributed by atoms with Gasteiger partial charge in [0.05, 0.1) is 0 Å². The average Bonchev–Trinajstić information content (AvgIpc) is 2.98. The molecule has 0 saturated carbocycles. The number of rotatable bonds is 5. The van der Waals surface area contributed by atoms with E-state index in [1.807, 2.05) is 26.8 Å². The average molecular weight is 347 g/mol. The molecule has 0 spiro atoms. The third kappa shape index (κ3) is 3.84. The van der Waals surface area contributed by atoms with Gasteiger partial charge >= 0.3 is 0 Å². The summed E-state index contributed by atoms with van der Waals surface area (Å²) >= 11 is 0. The number of piperazine rings is 1. The zero-order valence-electron chi connectivity index (χ0n) is 15.0. The summed E-state index contributed by atoms with van der Waals surface area (Å²) in [5, 5.41) is 6.17. The summed E-state index contributed by atoms with van der Waals surface area (Å²) in [6.45, 7) is 6.89. The van der Waals surface area contributed by atoms with Crippen LogP contribution in [0.25, 0.3) is 0 Å². The fraction of sp³-hybridized carbons (Fsp3) is 0.579. The van der Waals surface area contributed by atoms with Gasteiger partial charge in [0.15, 0.2) is 0 Å². The van der Waals surface area contributed by atoms with Crippen molar-refractivity contribution in [1.29, 1.82) is 0 Å². The number of aryl methyl sites for hydroxylation is 1. The summed E-state index contributed by atoms with van der Waals surface area (Å²) in [5.41, 5.74) is 1.62. The van der Waals surface area contributed by atoms with Crippen molar-refractivity contribution in [2.75, 3.05) is 6.54 Å². The van der Waals surface area contributed by atoms with Crippen molar-refractivity contribution < 1.29 is 14.0 Å². The van der Waals surface area contributed by atoms with Gasteiger partial charge in [-0.25, -0.2) is 4.39 Å². The third-order valence-corrected chi connectivity index (χ3v) is 4.99. The van der Waals surface area contributed by atoms with Crippen LogP contribution in [0.3, 0.4) is 0 Å². The summed E-state index contributed by atoms with van der Waals surface area (Å²) in [6.07, 6.45) is 1.22. The van der Waals surface area contributed by atoms with Gasteiger partial charge in [0, 0.05) is 24.7 Å². The Hall–Kier alpha value is -1.95. The topological polar surface area (TPSA) is 61.4 Å². The van der Waals surface area contributed by atoms with Crippen molar-refractivity contribution in [3.05, 3.63) is 35.1 Å². The van der Waals surface area contributed by atoms with Gasteiger partial charge in [-0.15, -0.1) is 0 Å². The smallest absolute Gasteiger partial charge is 0.245 e. The molecule has 0 aromatic heterocycles. The molecule has 1 aromatic rings. The highest BCUT2D eigenvalue weighted by Crippen LogP contribution is 2.25. The number of nitrogens with one attached hydrogen (secondary N) is 2. The first-order valence-electron chi connectivity index (χ1n) is 8.94. The predicted molar refractivity (Wildman–Crippen MR) is 93.3 cm³/mol. The Kier molecular flexibility index (Phi) is 5.08. The van der Waals surface area contributed by atoms with E-state index in [2.05, 4.69) is 10.6 Å². The van der Waals surface area contributed by atoms with Crippen molar-refractivity contribution in [2.45, 2.75) is 58.3 Å². The zero-order valence-corrected chi connectivity index (χ0v) is 15.0. The molecular weight excluding hydrogens is 321 g/mol. The Bertz CT molecular complexity index is 677. The fourth-order valence-corrected chi connectivity index (χ4v) is 3.73. The maximum Gasteiger partial charge on any atom is 0.245 e. The highest BCUT2D eigenvalue weighted by atomic mass is 19.1. The quantitative estimate of drug-likeness (QED) is 0.853. The van der Waals surface area contributed by atoms with E-state index < -0.39 is 12.1 Å². The number of nitrogens with zero attached hydrogens (tertiary/aromatic N) is 1. The van der Waals surface area contributed by atoms with Gasteiger partial charge in [0.1, 0.15) is 17.9 Å². The molecule has 2 saturated heterocycles. The third-order valence-electron chi connectivity index (χ3n) is 4.99. The molecule has 0 radical (unpaired) electrons. The summed E-state index contributed by atoms with van der Waals surface area (Å²) in [7, 11) is 0. The second kappa shape index (κ2) is 7.12. The first kappa shape index (κ1) is 17.9. The Morgan fingerprint density at radius 1 is 1.36 bits per heavy atom. The van der Waals surface area contributed by atoms with Gasteiger partial charge in [-0.1, -0.05) is 31.5 Å². The Balaban J connectivity index is 1.63. The molecule has 2 amide bonds. The van der Waals surface area contributed by atoms with Crippen LogP contribution in [0.4, 0.5) is 4.39 Å². The van der Waals surface area contributed by atoms with Crippen molar-refractivity contribution >= 4 is 11.8 Å². The Morgan fingerprint density at radius 2 is 2.12 bits per heavy atom. The standard InChI is InChI=1S/C19H26FN3O2/c1-11(2)6-16-19(25)23-10-14(8-17(23)18(24)22-16)21-9-13-7-12(3)4-5-15(13)20/h4-5,7,11,14,16-17,21H,6,8-10H2,1-3H3,(H,22,24)/t14-,16+,17-/m0/s1. The number of fused-ring (bicyclic) bond motifs is 1. The highest BCUT2D eigenvalue weighted by Gasteiger charge is 2.46. The normalized spacial score (nSPS) is 26.1.